The molecule has 1 fully saturated rings. The first-order chi connectivity index (χ1) is 19.2. The number of aromatic amines is 1. The number of carbonyl (C=O) groups excluding carboxylic acids is 2. The van der Waals surface area contributed by atoms with Crippen LogP contribution in [0.25, 0.3) is 10.9 Å². The highest BCUT2D eigenvalue weighted by Gasteiger charge is 2.43. The van der Waals surface area contributed by atoms with Crippen molar-refractivity contribution in [3.8, 4) is 5.75 Å². The van der Waals surface area contributed by atoms with Crippen molar-refractivity contribution in [2.75, 3.05) is 12.4 Å². The third kappa shape index (κ3) is 5.01. The molecule has 0 aliphatic heterocycles. The number of nitrogens with one attached hydrogen (secondary N) is 2. The quantitative estimate of drug-likeness (QED) is 0.229. The number of anilines is 1. The van der Waals surface area contributed by atoms with E-state index in [2.05, 4.69) is 10.3 Å². The number of carboxylic acid groups (broad SMARTS) is 1. The molecule has 1 aliphatic carbocycles. The molecule has 1 amide bonds. The van der Waals surface area contributed by atoms with Crippen LogP contribution in [0.1, 0.15) is 57.5 Å². The standard InChI is InChI=1S/C30H28FN3O6/c1-39-26-15-17(27(35)36)6-12-23(26)30(32,29(38)34-20-10-8-19(31)9-11-20)24-16-33-25-13-7-18(14-22(24)25)28(37)40-21-4-2-3-5-21/h6-16,21,33H,2-5,32H2,1H3,(H,34,38)(H,35,36). The van der Waals surface area contributed by atoms with Crippen LogP contribution in [-0.4, -0.2) is 41.2 Å². The van der Waals surface area contributed by atoms with Gasteiger partial charge in [0.2, 0.25) is 0 Å². The van der Waals surface area contributed by atoms with Crippen molar-refractivity contribution in [2.45, 2.75) is 37.3 Å². The summed E-state index contributed by atoms with van der Waals surface area (Å²) in [6.07, 6.45) is 5.11. The molecule has 1 atom stereocenters. The van der Waals surface area contributed by atoms with Crippen molar-refractivity contribution in [2.24, 2.45) is 5.73 Å². The number of aromatic carboxylic acids is 1. The van der Waals surface area contributed by atoms with E-state index in [4.69, 9.17) is 15.2 Å². The molecule has 1 unspecified atom stereocenters. The number of carbonyl (C=O) groups is 3. The molecule has 1 heterocycles. The summed E-state index contributed by atoms with van der Waals surface area (Å²) in [5, 5.41) is 12.7. The molecule has 0 radical (unpaired) electrons. The fraction of sp³-hybridized carbons (Fsp3) is 0.233. The Hall–Kier alpha value is -4.70. The number of benzene rings is 3. The summed E-state index contributed by atoms with van der Waals surface area (Å²) in [7, 11) is 1.34. The molecule has 0 bridgehead atoms. The molecular weight excluding hydrogens is 517 g/mol. The van der Waals surface area contributed by atoms with Gasteiger partial charge in [-0.05, 0) is 80.3 Å². The molecule has 4 aromatic rings. The first kappa shape index (κ1) is 26.9. The highest BCUT2D eigenvalue weighted by atomic mass is 19.1. The number of hydrogen-bond donors (Lipinski definition) is 4. The third-order valence-corrected chi connectivity index (χ3v) is 7.25. The van der Waals surface area contributed by atoms with Gasteiger partial charge < -0.3 is 30.6 Å². The number of aromatic nitrogens is 1. The van der Waals surface area contributed by atoms with Crippen molar-refractivity contribution >= 4 is 34.4 Å². The lowest BCUT2D eigenvalue weighted by molar-refractivity contribution is -0.120. The van der Waals surface area contributed by atoms with E-state index in [-0.39, 0.29) is 23.0 Å². The number of ether oxygens (including phenoxy) is 2. The SMILES string of the molecule is COc1cc(C(=O)O)ccc1C(N)(C(=O)Nc1ccc(F)cc1)c1c[nH]c2ccc(C(=O)OC3CCCC3)cc12. The molecule has 1 saturated carbocycles. The predicted octanol–water partition coefficient (Wildman–Crippen LogP) is 4.95. The minimum atomic E-state index is -1.94. The van der Waals surface area contributed by atoms with E-state index in [0.29, 0.717) is 27.7 Å². The largest absolute Gasteiger partial charge is 0.496 e. The lowest BCUT2D eigenvalue weighted by Crippen LogP contribution is -2.49. The molecule has 1 aromatic heterocycles. The zero-order valence-electron chi connectivity index (χ0n) is 21.7. The topological polar surface area (TPSA) is 144 Å². The van der Waals surface area contributed by atoms with Gasteiger partial charge in [0.1, 0.15) is 17.7 Å². The van der Waals surface area contributed by atoms with Crippen LogP contribution in [0.15, 0.2) is 66.9 Å². The molecule has 5 rings (SSSR count). The van der Waals surface area contributed by atoms with E-state index in [9.17, 15) is 23.9 Å². The molecule has 1 aliphatic rings. The molecule has 206 valence electrons. The van der Waals surface area contributed by atoms with E-state index in [0.717, 1.165) is 25.7 Å². The number of nitrogens with two attached hydrogens (primary N) is 1. The monoisotopic (exact) mass is 545 g/mol. The van der Waals surface area contributed by atoms with Crippen molar-refractivity contribution < 1.29 is 33.4 Å². The third-order valence-electron chi connectivity index (χ3n) is 7.25. The Balaban J connectivity index is 1.64. The second kappa shape index (κ2) is 10.8. The number of halogens is 1. The van der Waals surface area contributed by atoms with E-state index in [1.54, 1.807) is 24.4 Å². The van der Waals surface area contributed by atoms with Crippen LogP contribution in [-0.2, 0) is 15.1 Å². The van der Waals surface area contributed by atoms with Crippen LogP contribution in [0.5, 0.6) is 5.75 Å². The fourth-order valence-corrected chi connectivity index (χ4v) is 5.10. The summed E-state index contributed by atoms with van der Waals surface area (Å²) in [6.45, 7) is 0. The van der Waals surface area contributed by atoms with Gasteiger partial charge >= 0.3 is 11.9 Å². The molecule has 0 spiro atoms. The summed E-state index contributed by atoms with van der Waals surface area (Å²) < 4.78 is 24.7. The average molecular weight is 546 g/mol. The van der Waals surface area contributed by atoms with Crippen molar-refractivity contribution in [3.63, 3.8) is 0 Å². The minimum Gasteiger partial charge on any atom is -0.496 e. The van der Waals surface area contributed by atoms with Crippen LogP contribution in [0.4, 0.5) is 10.1 Å². The average Bonchev–Trinajstić information content (AvgIpc) is 3.63. The minimum absolute atomic E-state index is 0.0576. The zero-order valence-corrected chi connectivity index (χ0v) is 21.7. The van der Waals surface area contributed by atoms with Crippen LogP contribution < -0.4 is 15.8 Å². The Labute approximate surface area is 229 Å². The maximum absolute atomic E-state index is 14.0. The number of methoxy groups -OCH3 is 1. The molecule has 5 N–H and O–H groups in total. The fourth-order valence-electron chi connectivity index (χ4n) is 5.10. The first-order valence-corrected chi connectivity index (χ1v) is 12.8. The summed E-state index contributed by atoms with van der Waals surface area (Å²) in [5.41, 5.74) is 6.67. The summed E-state index contributed by atoms with van der Waals surface area (Å²) in [4.78, 5) is 41.7. The Bertz CT molecular complexity index is 1590. The van der Waals surface area contributed by atoms with E-state index < -0.39 is 29.2 Å². The maximum Gasteiger partial charge on any atom is 0.338 e. The highest BCUT2D eigenvalue weighted by molar-refractivity contribution is 6.06. The Morgan fingerprint density at radius 2 is 1.70 bits per heavy atom. The normalized spacial score (nSPS) is 15.0. The molecule has 9 nitrogen and oxygen atoms in total. The van der Waals surface area contributed by atoms with Crippen LogP contribution in [0.2, 0.25) is 0 Å². The van der Waals surface area contributed by atoms with Gasteiger partial charge in [0.05, 0.1) is 18.2 Å². The van der Waals surface area contributed by atoms with Crippen molar-refractivity contribution in [1.29, 1.82) is 0 Å². The van der Waals surface area contributed by atoms with E-state index in [1.165, 1.54) is 49.6 Å². The number of fused-ring (bicyclic) bond motifs is 1. The number of rotatable bonds is 8. The lowest BCUT2D eigenvalue weighted by atomic mass is 9.81. The number of esters is 1. The molecule has 0 saturated heterocycles. The van der Waals surface area contributed by atoms with Gasteiger partial charge in [0.15, 0.2) is 5.54 Å². The highest BCUT2D eigenvalue weighted by Crippen LogP contribution is 2.39. The van der Waals surface area contributed by atoms with Gasteiger partial charge in [-0.1, -0.05) is 6.07 Å². The summed E-state index contributed by atoms with van der Waals surface area (Å²) in [5.74, 6) is -2.75. The lowest BCUT2D eigenvalue weighted by Gasteiger charge is -2.30. The molecular formula is C30H28FN3O6. The van der Waals surface area contributed by atoms with Gasteiger partial charge in [-0.15, -0.1) is 0 Å². The van der Waals surface area contributed by atoms with Crippen LogP contribution >= 0.6 is 0 Å². The van der Waals surface area contributed by atoms with E-state index >= 15 is 0 Å². The predicted molar refractivity (Wildman–Crippen MR) is 146 cm³/mol. The van der Waals surface area contributed by atoms with Crippen LogP contribution in [0, 0.1) is 5.82 Å². The second-order valence-electron chi connectivity index (χ2n) is 9.76. The maximum atomic E-state index is 14.0. The van der Waals surface area contributed by atoms with Gasteiger partial charge in [0, 0.05) is 33.9 Å². The second-order valence-corrected chi connectivity index (χ2v) is 9.76. The first-order valence-electron chi connectivity index (χ1n) is 12.8. The number of H-pyrrole nitrogens is 1. The Morgan fingerprint density at radius 1 is 1.00 bits per heavy atom. The molecule has 40 heavy (non-hydrogen) atoms. The van der Waals surface area contributed by atoms with Gasteiger partial charge in [-0.3, -0.25) is 4.79 Å². The smallest absolute Gasteiger partial charge is 0.338 e. The van der Waals surface area contributed by atoms with Crippen molar-refractivity contribution in [1.82, 2.24) is 4.98 Å². The van der Waals surface area contributed by atoms with Gasteiger partial charge in [-0.2, -0.15) is 0 Å². The Kier molecular flexibility index (Phi) is 7.27. The summed E-state index contributed by atoms with van der Waals surface area (Å²) >= 11 is 0. The van der Waals surface area contributed by atoms with Crippen LogP contribution in [0.3, 0.4) is 0 Å². The van der Waals surface area contributed by atoms with E-state index in [1.807, 2.05) is 0 Å². The molecule has 10 heteroatoms. The summed E-state index contributed by atoms with van der Waals surface area (Å²) in [6, 6.07) is 14.2. The number of amides is 1. The van der Waals surface area contributed by atoms with Gasteiger partial charge in [0.25, 0.3) is 5.91 Å². The number of carboxylic acids is 1. The molecule has 3 aromatic carbocycles. The number of hydrogen-bond acceptors (Lipinski definition) is 6. The van der Waals surface area contributed by atoms with Gasteiger partial charge in [-0.25, -0.2) is 14.0 Å². The Morgan fingerprint density at radius 3 is 2.38 bits per heavy atom. The van der Waals surface area contributed by atoms with Crippen molar-refractivity contribution in [3.05, 3.63) is 94.9 Å². The zero-order chi connectivity index (χ0) is 28.4.